The molecule has 1 aromatic rings. The van der Waals surface area contributed by atoms with Gasteiger partial charge in [-0.25, -0.2) is 4.98 Å². The molecule has 4 heteroatoms. The molecule has 0 unspecified atom stereocenters. The van der Waals surface area contributed by atoms with Crippen molar-refractivity contribution in [2.45, 2.75) is 6.92 Å². The first-order valence-corrected chi connectivity index (χ1v) is 4.75. The van der Waals surface area contributed by atoms with E-state index in [2.05, 4.69) is 9.71 Å². The molecule has 1 N–H and O–H groups in total. The van der Waals surface area contributed by atoms with Crippen molar-refractivity contribution in [2.75, 3.05) is 11.0 Å². The first kappa shape index (κ1) is 8.68. The zero-order valence-corrected chi connectivity index (χ0v) is 7.96. The Hall–Kier alpha value is -0.410. The number of hydrogen-bond donors (Lipinski definition) is 1. The van der Waals surface area contributed by atoms with E-state index in [9.17, 15) is 0 Å². The summed E-state index contributed by atoms with van der Waals surface area (Å²) in [6.45, 7) is 1.99. The SMILES string of the molecule is CSNc1cnc(Cl)cc1C. The van der Waals surface area contributed by atoms with Gasteiger partial charge in [-0.1, -0.05) is 23.5 Å². The van der Waals surface area contributed by atoms with Gasteiger partial charge in [-0.05, 0) is 18.6 Å². The molecule has 0 amide bonds. The van der Waals surface area contributed by atoms with Gasteiger partial charge < -0.3 is 4.72 Å². The first-order valence-electron chi connectivity index (χ1n) is 3.15. The van der Waals surface area contributed by atoms with Gasteiger partial charge in [0.15, 0.2) is 0 Å². The molecule has 0 spiro atoms. The summed E-state index contributed by atoms with van der Waals surface area (Å²) < 4.78 is 3.10. The molecule has 0 bridgehead atoms. The van der Waals surface area contributed by atoms with E-state index in [1.807, 2.05) is 19.2 Å². The Bertz CT molecular complexity index is 252. The molecule has 0 saturated heterocycles. The molecule has 0 radical (unpaired) electrons. The summed E-state index contributed by atoms with van der Waals surface area (Å²) in [7, 11) is 0. The number of pyridine rings is 1. The molecule has 0 aliphatic rings. The summed E-state index contributed by atoms with van der Waals surface area (Å²) in [5.41, 5.74) is 2.13. The van der Waals surface area contributed by atoms with Crippen LogP contribution in [-0.4, -0.2) is 11.2 Å². The van der Waals surface area contributed by atoms with Gasteiger partial charge >= 0.3 is 0 Å². The molecule has 0 aromatic carbocycles. The van der Waals surface area contributed by atoms with E-state index in [0.29, 0.717) is 5.15 Å². The minimum atomic E-state index is 0.536. The molecule has 0 fully saturated rings. The second-order valence-electron chi connectivity index (χ2n) is 2.13. The zero-order valence-electron chi connectivity index (χ0n) is 6.39. The maximum atomic E-state index is 5.67. The van der Waals surface area contributed by atoms with Crippen molar-refractivity contribution in [2.24, 2.45) is 0 Å². The molecule has 60 valence electrons. The summed E-state index contributed by atoms with van der Waals surface area (Å²) in [5, 5.41) is 0.536. The number of hydrogen-bond acceptors (Lipinski definition) is 3. The van der Waals surface area contributed by atoms with Crippen molar-refractivity contribution in [1.29, 1.82) is 0 Å². The lowest BCUT2D eigenvalue weighted by molar-refractivity contribution is 1.29. The standard InChI is InChI=1S/C7H9ClN2S/c1-5-3-7(8)9-4-6(5)10-11-2/h3-4,10H,1-2H3. The fraction of sp³-hybridized carbons (Fsp3) is 0.286. The van der Waals surface area contributed by atoms with Crippen molar-refractivity contribution in [3.63, 3.8) is 0 Å². The third-order valence-corrected chi connectivity index (χ3v) is 1.92. The summed E-state index contributed by atoms with van der Waals surface area (Å²) in [6.07, 6.45) is 3.70. The molecule has 1 heterocycles. The average molecular weight is 189 g/mol. The summed E-state index contributed by atoms with van der Waals surface area (Å²) in [5.74, 6) is 0. The monoisotopic (exact) mass is 188 g/mol. The maximum absolute atomic E-state index is 5.67. The van der Waals surface area contributed by atoms with E-state index < -0.39 is 0 Å². The molecule has 0 saturated carbocycles. The Balaban J connectivity index is 2.90. The molecule has 0 aliphatic carbocycles. The minimum absolute atomic E-state index is 0.536. The van der Waals surface area contributed by atoms with Crippen LogP contribution in [0.25, 0.3) is 0 Å². The van der Waals surface area contributed by atoms with E-state index in [1.165, 1.54) is 0 Å². The highest BCUT2D eigenvalue weighted by atomic mass is 35.5. The lowest BCUT2D eigenvalue weighted by Crippen LogP contribution is -1.89. The first-order chi connectivity index (χ1) is 5.24. The Kier molecular flexibility index (Phi) is 3.02. The van der Waals surface area contributed by atoms with Crippen LogP contribution in [0.4, 0.5) is 5.69 Å². The highest BCUT2D eigenvalue weighted by molar-refractivity contribution is 7.99. The minimum Gasteiger partial charge on any atom is -0.328 e. The van der Waals surface area contributed by atoms with Crippen LogP contribution in [0.1, 0.15) is 5.56 Å². The zero-order chi connectivity index (χ0) is 8.27. The van der Waals surface area contributed by atoms with Crippen molar-refractivity contribution in [1.82, 2.24) is 4.98 Å². The summed E-state index contributed by atoms with van der Waals surface area (Å²) in [4.78, 5) is 3.95. The van der Waals surface area contributed by atoms with Gasteiger partial charge in [0.1, 0.15) is 5.15 Å². The van der Waals surface area contributed by atoms with E-state index in [0.717, 1.165) is 11.3 Å². The maximum Gasteiger partial charge on any atom is 0.129 e. The molecule has 0 atom stereocenters. The quantitative estimate of drug-likeness (QED) is 0.571. The van der Waals surface area contributed by atoms with Gasteiger partial charge in [0.2, 0.25) is 0 Å². The van der Waals surface area contributed by atoms with Crippen molar-refractivity contribution in [3.8, 4) is 0 Å². The largest absolute Gasteiger partial charge is 0.328 e. The molecule has 1 aromatic heterocycles. The molecule has 0 aliphatic heterocycles. The Morgan fingerprint density at radius 1 is 1.64 bits per heavy atom. The number of rotatable bonds is 2. The van der Waals surface area contributed by atoms with Crippen LogP contribution in [0.3, 0.4) is 0 Å². The highest BCUT2D eigenvalue weighted by Gasteiger charge is 1.97. The van der Waals surface area contributed by atoms with Crippen molar-refractivity contribution >= 4 is 29.2 Å². The van der Waals surface area contributed by atoms with E-state index in [1.54, 1.807) is 18.1 Å². The number of aryl methyl sites for hydroxylation is 1. The van der Waals surface area contributed by atoms with Crippen molar-refractivity contribution in [3.05, 3.63) is 23.0 Å². The van der Waals surface area contributed by atoms with Gasteiger partial charge in [0.05, 0.1) is 11.9 Å². The van der Waals surface area contributed by atoms with E-state index in [4.69, 9.17) is 11.6 Å². The number of aromatic nitrogens is 1. The third kappa shape index (κ3) is 2.27. The number of anilines is 1. The Morgan fingerprint density at radius 3 is 2.91 bits per heavy atom. The number of nitrogens with zero attached hydrogens (tertiary/aromatic N) is 1. The predicted octanol–water partition coefficient (Wildman–Crippen LogP) is 2.73. The number of halogens is 1. The fourth-order valence-corrected chi connectivity index (χ4v) is 1.38. The van der Waals surface area contributed by atoms with Crippen LogP contribution in [0.5, 0.6) is 0 Å². The van der Waals surface area contributed by atoms with E-state index in [-0.39, 0.29) is 0 Å². The third-order valence-electron chi connectivity index (χ3n) is 1.29. The topological polar surface area (TPSA) is 24.9 Å². The van der Waals surface area contributed by atoms with Gasteiger partial charge in [0, 0.05) is 6.26 Å². The smallest absolute Gasteiger partial charge is 0.129 e. The Morgan fingerprint density at radius 2 is 2.36 bits per heavy atom. The normalized spacial score (nSPS) is 9.73. The molecule has 1 rings (SSSR count). The second kappa shape index (κ2) is 3.83. The Labute approximate surface area is 75.5 Å². The van der Waals surface area contributed by atoms with Crippen LogP contribution >= 0.6 is 23.5 Å². The highest BCUT2D eigenvalue weighted by Crippen LogP contribution is 2.18. The predicted molar refractivity (Wildman–Crippen MR) is 51.1 cm³/mol. The molecular formula is C7H9ClN2S. The van der Waals surface area contributed by atoms with Crippen LogP contribution < -0.4 is 4.72 Å². The number of nitrogens with one attached hydrogen (secondary N) is 1. The van der Waals surface area contributed by atoms with Crippen LogP contribution in [0, 0.1) is 6.92 Å². The molecular weight excluding hydrogens is 180 g/mol. The van der Waals surface area contributed by atoms with Gasteiger partial charge in [-0.2, -0.15) is 0 Å². The second-order valence-corrected chi connectivity index (χ2v) is 3.13. The average Bonchev–Trinajstić information content (AvgIpc) is 1.95. The van der Waals surface area contributed by atoms with Crippen LogP contribution in [0.15, 0.2) is 12.3 Å². The fourth-order valence-electron chi connectivity index (χ4n) is 0.739. The molecule has 11 heavy (non-hydrogen) atoms. The van der Waals surface area contributed by atoms with Crippen LogP contribution in [-0.2, 0) is 0 Å². The van der Waals surface area contributed by atoms with Crippen molar-refractivity contribution < 1.29 is 0 Å². The lowest BCUT2D eigenvalue weighted by atomic mass is 10.3. The van der Waals surface area contributed by atoms with Gasteiger partial charge in [0.25, 0.3) is 0 Å². The summed E-state index contributed by atoms with van der Waals surface area (Å²) in [6, 6.07) is 1.83. The summed E-state index contributed by atoms with van der Waals surface area (Å²) >= 11 is 7.21. The van der Waals surface area contributed by atoms with Crippen LogP contribution in [0.2, 0.25) is 5.15 Å². The van der Waals surface area contributed by atoms with Gasteiger partial charge in [-0.15, -0.1) is 0 Å². The molecule has 2 nitrogen and oxygen atoms in total. The van der Waals surface area contributed by atoms with E-state index >= 15 is 0 Å². The lowest BCUT2D eigenvalue weighted by Gasteiger charge is -2.04. The van der Waals surface area contributed by atoms with Gasteiger partial charge in [-0.3, -0.25) is 0 Å².